The molecule has 1 N–H and O–H groups in total. The largest absolute Gasteiger partial charge is 0.368 e. The monoisotopic (exact) mass is 374 g/mol. The number of piperazine rings is 1. The first-order chi connectivity index (χ1) is 12.6. The average molecular weight is 375 g/mol. The van der Waals surface area contributed by atoms with Gasteiger partial charge in [0.15, 0.2) is 0 Å². The number of nitrogens with one attached hydrogen (secondary N) is 1. The summed E-state index contributed by atoms with van der Waals surface area (Å²) < 4.78 is 0. The van der Waals surface area contributed by atoms with Crippen LogP contribution >= 0.6 is 11.6 Å². The van der Waals surface area contributed by atoms with Crippen LogP contribution in [0.15, 0.2) is 24.3 Å². The highest BCUT2D eigenvalue weighted by atomic mass is 35.5. The molecule has 0 aromatic heterocycles. The van der Waals surface area contributed by atoms with E-state index in [2.05, 4.69) is 21.2 Å². The van der Waals surface area contributed by atoms with Gasteiger partial charge in [-0.2, -0.15) is 5.26 Å². The second kappa shape index (κ2) is 8.75. The molecule has 26 heavy (non-hydrogen) atoms. The average Bonchev–Trinajstić information content (AvgIpc) is 2.89. The van der Waals surface area contributed by atoms with Gasteiger partial charge in [0, 0.05) is 26.2 Å². The highest BCUT2D eigenvalue weighted by Gasteiger charge is 2.33. The quantitative estimate of drug-likeness (QED) is 0.822. The minimum Gasteiger partial charge on any atom is -0.368 e. The fraction of sp³-hybridized carbons (Fsp3) is 0.600. The topological polar surface area (TPSA) is 59.4 Å². The molecule has 0 spiro atoms. The molecule has 0 unspecified atom stereocenters. The van der Waals surface area contributed by atoms with E-state index in [0.717, 1.165) is 75.4 Å². The van der Waals surface area contributed by atoms with Gasteiger partial charge in [-0.05, 0) is 25.0 Å². The smallest absolute Gasteiger partial charge is 0.235 e. The maximum atomic E-state index is 12.5. The van der Waals surface area contributed by atoms with E-state index < -0.39 is 5.54 Å². The van der Waals surface area contributed by atoms with Crippen molar-refractivity contribution < 1.29 is 4.79 Å². The number of benzene rings is 1. The number of hydrogen-bond acceptors (Lipinski definition) is 4. The van der Waals surface area contributed by atoms with Crippen molar-refractivity contribution in [2.24, 2.45) is 0 Å². The number of anilines is 1. The molecule has 1 aromatic carbocycles. The summed E-state index contributed by atoms with van der Waals surface area (Å²) in [5.74, 6) is -0.0281. The van der Waals surface area contributed by atoms with Crippen LogP contribution in [0, 0.1) is 11.3 Å². The lowest BCUT2D eigenvalue weighted by atomic mass is 9.92. The predicted octanol–water partition coefficient (Wildman–Crippen LogP) is 3.19. The van der Waals surface area contributed by atoms with Crippen molar-refractivity contribution in [2.75, 3.05) is 37.6 Å². The number of halogens is 1. The van der Waals surface area contributed by atoms with Crippen molar-refractivity contribution in [2.45, 2.75) is 44.1 Å². The zero-order valence-corrected chi connectivity index (χ0v) is 16.0. The van der Waals surface area contributed by atoms with E-state index in [9.17, 15) is 10.1 Å². The van der Waals surface area contributed by atoms with Crippen LogP contribution in [0.3, 0.4) is 0 Å². The maximum absolute atomic E-state index is 12.5. The Kier molecular flexibility index (Phi) is 6.39. The lowest BCUT2D eigenvalue weighted by Crippen LogP contribution is -2.53. The SMILES string of the molecule is N#CC1(NC(=O)CN2CCN(c3ccccc3Cl)CC2)CCCCCC1. The Hall–Kier alpha value is -1.77. The van der Waals surface area contributed by atoms with E-state index in [1.807, 2.05) is 24.3 Å². The van der Waals surface area contributed by atoms with Gasteiger partial charge in [-0.3, -0.25) is 9.69 Å². The minimum absolute atomic E-state index is 0.0281. The van der Waals surface area contributed by atoms with Gasteiger partial charge in [0.05, 0.1) is 23.3 Å². The van der Waals surface area contributed by atoms with Gasteiger partial charge in [0.1, 0.15) is 5.54 Å². The standard InChI is InChI=1S/C20H27ClN4O/c21-17-7-3-4-8-18(17)25-13-11-24(12-14-25)15-19(26)23-20(16-22)9-5-1-2-6-10-20/h3-4,7-8H,1-2,5-6,9-15H2,(H,23,26). The van der Waals surface area contributed by atoms with Crippen LogP contribution in [-0.4, -0.2) is 49.1 Å². The molecule has 6 heteroatoms. The van der Waals surface area contributed by atoms with Crippen molar-refractivity contribution in [3.8, 4) is 6.07 Å². The zero-order chi connectivity index (χ0) is 18.4. The first-order valence-electron chi connectivity index (χ1n) is 9.56. The summed E-state index contributed by atoms with van der Waals surface area (Å²) in [4.78, 5) is 16.9. The molecule has 2 aliphatic rings. The second-order valence-electron chi connectivity index (χ2n) is 7.37. The molecule has 1 aromatic rings. The Morgan fingerprint density at radius 1 is 1.12 bits per heavy atom. The van der Waals surface area contributed by atoms with E-state index in [-0.39, 0.29) is 5.91 Å². The molecule has 1 saturated heterocycles. The molecule has 1 aliphatic carbocycles. The molecule has 1 saturated carbocycles. The summed E-state index contributed by atoms with van der Waals surface area (Å²) >= 11 is 6.28. The third-order valence-electron chi connectivity index (χ3n) is 5.48. The van der Waals surface area contributed by atoms with Gasteiger partial charge < -0.3 is 10.2 Å². The molecule has 140 valence electrons. The number of carbonyl (C=O) groups is 1. The van der Waals surface area contributed by atoms with Crippen molar-refractivity contribution in [3.05, 3.63) is 29.3 Å². The second-order valence-corrected chi connectivity index (χ2v) is 7.78. The molecule has 1 aliphatic heterocycles. The fourth-order valence-electron chi connectivity index (χ4n) is 3.96. The minimum atomic E-state index is -0.660. The first kappa shape index (κ1) is 19.0. The van der Waals surface area contributed by atoms with Crippen LogP contribution < -0.4 is 10.2 Å². The Balaban J connectivity index is 1.50. The van der Waals surface area contributed by atoms with E-state index in [4.69, 9.17) is 11.6 Å². The van der Waals surface area contributed by atoms with E-state index in [1.165, 1.54) is 0 Å². The molecular weight excluding hydrogens is 348 g/mol. The summed E-state index contributed by atoms with van der Waals surface area (Å²) in [7, 11) is 0. The third kappa shape index (κ3) is 4.69. The summed E-state index contributed by atoms with van der Waals surface area (Å²) in [6.45, 7) is 3.69. The van der Waals surface area contributed by atoms with E-state index in [0.29, 0.717) is 6.54 Å². The van der Waals surface area contributed by atoms with Crippen molar-refractivity contribution in [1.82, 2.24) is 10.2 Å². The van der Waals surface area contributed by atoms with Gasteiger partial charge in [-0.25, -0.2) is 0 Å². The predicted molar refractivity (Wildman–Crippen MR) is 104 cm³/mol. The lowest BCUT2D eigenvalue weighted by molar-refractivity contribution is -0.123. The summed E-state index contributed by atoms with van der Waals surface area (Å²) in [6, 6.07) is 10.3. The molecule has 1 heterocycles. The van der Waals surface area contributed by atoms with Crippen molar-refractivity contribution in [1.29, 1.82) is 5.26 Å². The van der Waals surface area contributed by atoms with Gasteiger partial charge >= 0.3 is 0 Å². The van der Waals surface area contributed by atoms with Crippen LogP contribution in [-0.2, 0) is 4.79 Å². The number of nitrogens with zero attached hydrogens (tertiary/aromatic N) is 3. The molecule has 1 amide bonds. The summed E-state index contributed by atoms with van der Waals surface area (Å²) in [5, 5.41) is 13.4. The van der Waals surface area contributed by atoms with Gasteiger partial charge in [-0.15, -0.1) is 0 Å². The zero-order valence-electron chi connectivity index (χ0n) is 15.2. The van der Waals surface area contributed by atoms with Crippen LogP contribution in [0.4, 0.5) is 5.69 Å². The Bertz CT molecular complexity index is 656. The van der Waals surface area contributed by atoms with E-state index >= 15 is 0 Å². The molecule has 0 atom stereocenters. The summed E-state index contributed by atoms with van der Waals surface area (Å²) in [6.07, 6.45) is 5.90. The van der Waals surface area contributed by atoms with Crippen molar-refractivity contribution in [3.63, 3.8) is 0 Å². The fourth-order valence-corrected chi connectivity index (χ4v) is 4.22. The van der Waals surface area contributed by atoms with Gasteiger partial charge in [-0.1, -0.05) is 49.4 Å². The van der Waals surface area contributed by atoms with Crippen LogP contribution in [0.2, 0.25) is 5.02 Å². The molecule has 0 radical (unpaired) electrons. The number of nitriles is 1. The Morgan fingerprint density at radius 3 is 2.38 bits per heavy atom. The number of para-hydroxylation sites is 1. The maximum Gasteiger partial charge on any atom is 0.235 e. The van der Waals surface area contributed by atoms with Gasteiger partial charge in [0.2, 0.25) is 5.91 Å². The third-order valence-corrected chi connectivity index (χ3v) is 5.80. The molecule has 0 bridgehead atoms. The van der Waals surface area contributed by atoms with Crippen LogP contribution in [0.1, 0.15) is 38.5 Å². The molecule has 3 rings (SSSR count). The van der Waals surface area contributed by atoms with Crippen LogP contribution in [0.25, 0.3) is 0 Å². The van der Waals surface area contributed by atoms with E-state index in [1.54, 1.807) is 0 Å². The number of amides is 1. The Labute approximate surface area is 160 Å². The summed E-state index contributed by atoms with van der Waals surface area (Å²) in [5.41, 5.74) is 0.396. The highest BCUT2D eigenvalue weighted by Crippen LogP contribution is 2.27. The number of rotatable bonds is 4. The normalized spacial score (nSPS) is 20.8. The number of carbonyl (C=O) groups excluding carboxylic acids is 1. The van der Waals surface area contributed by atoms with Crippen LogP contribution in [0.5, 0.6) is 0 Å². The molecular formula is C20H27ClN4O. The molecule has 5 nitrogen and oxygen atoms in total. The Morgan fingerprint density at radius 2 is 1.77 bits per heavy atom. The first-order valence-corrected chi connectivity index (χ1v) is 9.94. The molecule has 2 fully saturated rings. The highest BCUT2D eigenvalue weighted by molar-refractivity contribution is 6.33. The lowest BCUT2D eigenvalue weighted by Gasteiger charge is -2.36. The van der Waals surface area contributed by atoms with Crippen molar-refractivity contribution >= 4 is 23.2 Å². The van der Waals surface area contributed by atoms with Gasteiger partial charge in [0.25, 0.3) is 0 Å². The number of hydrogen-bond donors (Lipinski definition) is 1.